The van der Waals surface area contributed by atoms with E-state index in [4.69, 9.17) is 10.5 Å². The average Bonchev–Trinajstić information content (AvgIpc) is 2.17. The van der Waals surface area contributed by atoms with E-state index in [2.05, 4.69) is 18.7 Å². The number of rotatable bonds is 2. The van der Waals surface area contributed by atoms with Crippen LogP contribution >= 0.6 is 0 Å². The molecule has 2 N–H and O–H groups in total. The van der Waals surface area contributed by atoms with Crippen LogP contribution in [-0.2, 0) is 4.74 Å². The minimum atomic E-state index is 0.264. The van der Waals surface area contributed by atoms with Crippen molar-refractivity contribution in [3.8, 4) is 0 Å². The van der Waals surface area contributed by atoms with Gasteiger partial charge in [-0.3, -0.25) is 4.90 Å². The van der Waals surface area contributed by atoms with E-state index in [1.807, 2.05) is 0 Å². The lowest BCUT2D eigenvalue weighted by Gasteiger charge is -2.52. The molecule has 1 aliphatic carbocycles. The molecular weight excluding hydrogens is 176 g/mol. The van der Waals surface area contributed by atoms with Gasteiger partial charge in [0.2, 0.25) is 0 Å². The van der Waals surface area contributed by atoms with Gasteiger partial charge in [-0.05, 0) is 18.3 Å². The first-order valence-electron chi connectivity index (χ1n) is 5.69. The first kappa shape index (κ1) is 10.4. The Bertz CT molecular complexity index is 205. The molecule has 0 aromatic heterocycles. The number of nitrogens with two attached hydrogens (primary N) is 1. The number of hydrogen-bond acceptors (Lipinski definition) is 3. The quantitative estimate of drug-likeness (QED) is 0.714. The van der Waals surface area contributed by atoms with Gasteiger partial charge in [-0.2, -0.15) is 0 Å². The molecule has 2 rings (SSSR count). The third-order valence-electron chi connectivity index (χ3n) is 3.84. The van der Waals surface area contributed by atoms with E-state index < -0.39 is 0 Å². The molecule has 0 spiro atoms. The zero-order valence-corrected chi connectivity index (χ0v) is 9.33. The molecular formula is C11H22N2O. The lowest BCUT2D eigenvalue weighted by Crippen LogP contribution is -2.58. The largest absolute Gasteiger partial charge is 0.374 e. The molecule has 1 heterocycles. The van der Waals surface area contributed by atoms with Crippen molar-refractivity contribution in [1.82, 2.24) is 4.90 Å². The molecule has 0 amide bonds. The van der Waals surface area contributed by atoms with E-state index in [9.17, 15) is 0 Å². The van der Waals surface area contributed by atoms with Gasteiger partial charge in [0, 0.05) is 25.7 Å². The lowest BCUT2D eigenvalue weighted by atomic mass is 9.66. The van der Waals surface area contributed by atoms with Gasteiger partial charge in [-0.25, -0.2) is 0 Å². The third kappa shape index (κ3) is 1.81. The molecule has 2 atom stereocenters. The Morgan fingerprint density at radius 2 is 2.29 bits per heavy atom. The highest BCUT2D eigenvalue weighted by Gasteiger charge is 2.43. The molecule has 14 heavy (non-hydrogen) atoms. The Kier molecular flexibility index (Phi) is 2.82. The van der Waals surface area contributed by atoms with Crippen molar-refractivity contribution in [3.63, 3.8) is 0 Å². The standard InChI is InChI=1S/C11H22N2O/c1-11(2)4-3-10(11)13-5-6-14-9(7-12)8-13/h9-10H,3-8,12H2,1-2H3. The van der Waals surface area contributed by atoms with Crippen molar-refractivity contribution in [1.29, 1.82) is 0 Å². The average molecular weight is 198 g/mol. The fourth-order valence-electron chi connectivity index (χ4n) is 2.70. The monoisotopic (exact) mass is 198 g/mol. The minimum absolute atomic E-state index is 0.264. The van der Waals surface area contributed by atoms with Crippen molar-refractivity contribution in [2.24, 2.45) is 11.1 Å². The molecule has 3 heteroatoms. The number of morpholine rings is 1. The SMILES string of the molecule is CC1(C)CCC1N1CCOC(CN)C1. The van der Waals surface area contributed by atoms with Gasteiger partial charge in [0.25, 0.3) is 0 Å². The Labute approximate surface area is 86.6 Å². The van der Waals surface area contributed by atoms with E-state index >= 15 is 0 Å². The van der Waals surface area contributed by atoms with Gasteiger partial charge in [0.05, 0.1) is 12.7 Å². The molecule has 0 radical (unpaired) electrons. The van der Waals surface area contributed by atoms with Crippen LogP contribution in [0.15, 0.2) is 0 Å². The molecule has 1 saturated carbocycles. The molecule has 82 valence electrons. The molecule has 2 fully saturated rings. The van der Waals surface area contributed by atoms with Crippen LogP contribution in [0.5, 0.6) is 0 Å². The highest BCUT2D eigenvalue weighted by molar-refractivity contribution is 4.97. The number of ether oxygens (including phenoxy) is 1. The summed E-state index contributed by atoms with van der Waals surface area (Å²) in [6.45, 7) is 8.37. The van der Waals surface area contributed by atoms with Crippen molar-refractivity contribution < 1.29 is 4.74 Å². The predicted octanol–water partition coefficient (Wildman–Crippen LogP) is 0.835. The first-order valence-corrected chi connectivity index (χ1v) is 5.69. The van der Waals surface area contributed by atoms with Crippen molar-refractivity contribution in [2.45, 2.75) is 38.8 Å². The first-order chi connectivity index (χ1) is 6.63. The number of nitrogens with zero attached hydrogens (tertiary/aromatic N) is 1. The molecule has 1 saturated heterocycles. The van der Waals surface area contributed by atoms with Crippen LogP contribution in [0.1, 0.15) is 26.7 Å². The molecule has 2 unspecified atom stereocenters. The maximum absolute atomic E-state index is 5.64. The van der Waals surface area contributed by atoms with Crippen LogP contribution in [-0.4, -0.2) is 43.3 Å². The van der Waals surface area contributed by atoms with Crippen molar-refractivity contribution in [3.05, 3.63) is 0 Å². The fourth-order valence-corrected chi connectivity index (χ4v) is 2.70. The summed E-state index contributed by atoms with van der Waals surface area (Å²) in [5.41, 5.74) is 6.15. The maximum Gasteiger partial charge on any atom is 0.0824 e. The molecule has 2 aliphatic rings. The van der Waals surface area contributed by atoms with Gasteiger partial charge in [0.15, 0.2) is 0 Å². The summed E-state index contributed by atoms with van der Waals surface area (Å²) in [5.74, 6) is 0. The summed E-state index contributed by atoms with van der Waals surface area (Å²) in [6.07, 6.45) is 2.98. The molecule has 0 aromatic carbocycles. The minimum Gasteiger partial charge on any atom is -0.374 e. The third-order valence-corrected chi connectivity index (χ3v) is 3.84. The second kappa shape index (κ2) is 3.80. The van der Waals surface area contributed by atoms with Crippen molar-refractivity contribution >= 4 is 0 Å². The molecule has 0 aromatic rings. The lowest BCUT2D eigenvalue weighted by molar-refractivity contribution is -0.0868. The Hall–Kier alpha value is -0.120. The van der Waals surface area contributed by atoms with E-state index in [1.165, 1.54) is 12.8 Å². The van der Waals surface area contributed by atoms with Gasteiger partial charge in [-0.1, -0.05) is 13.8 Å². The Morgan fingerprint density at radius 1 is 1.50 bits per heavy atom. The normalized spacial score (nSPS) is 37.9. The second-order valence-electron chi connectivity index (χ2n) is 5.27. The van der Waals surface area contributed by atoms with Gasteiger partial charge in [0.1, 0.15) is 0 Å². The Balaban J connectivity index is 1.91. The van der Waals surface area contributed by atoms with Crippen molar-refractivity contribution in [2.75, 3.05) is 26.2 Å². The van der Waals surface area contributed by atoms with E-state index in [0.717, 1.165) is 25.7 Å². The topological polar surface area (TPSA) is 38.5 Å². The van der Waals surface area contributed by atoms with Gasteiger partial charge in [-0.15, -0.1) is 0 Å². The van der Waals surface area contributed by atoms with Crippen LogP contribution in [0.4, 0.5) is 0 Å². The second-order valence-corrected chi connectivity index (χ2v) is 5.27. The fraction of sp³-hybridized carbons (Fsp3) is 1.00. The van der Waals surface area contributed by atoms with Crippen LogP contribution in [0.25, 0.3) is 0 Å². The summed E-state index contributed by atoms with van der Waals surface area (Å²) in [5, 5.41) is 0. The van der Waals surface area contributed by atoms with Crippen LogP contribution < -0.4 is 5.73 Å². The van der Waals surface area contributed by atoms with Crippen LogP contribution in [0.2, 0.25) is 0 Å². The maximum atomic E-state index is 5.64. The van der Waals surface area contributed by atoms with E-state index in [1.54, 1.807) is 0 Å². The van der Waals surface area contributed by atoms with Gasteiger partial charge >= 0.3 is 0 Å². The zero-order chi connectivity index (χ0) is 10.2. The van der Waals surface area contributed by atoms with Crippen LogP contribution in [0.3, 0.4) is 0 Å². The smallest absolute Gasteiger partial charge is 0.0824 e. The molecule has 1 aliphatic heterocycles. The highest BCUT2D eigenvalue weighted by atomic mass is 16.5. The summed E-state index contributed by atoms with van der Waals surface area (Å²) in [7, 11) is 0. The summed E-state index contributed by atoms with van der Waals surface area (Å²) in [4.78, 5) is 2.57. The zero-order valence-electron chi connectivity index (χ0n) is 9.33. The predicted molar refractivity (Wildman–Crippen MR) is 57.2 cm³/mol. The number of hydrogen-bond donors (Lipinski definition) is 1. The summed E-state index contributed by atoms with van der Waals surface area (Å²) >= 11 is 0. The van der Waals surface area contributed by atoms with Crippen LogP contribution in [0, 0.1) is 5.41 Å². The molecule has 3 nitrogen and oxygen atoms in total. The van der Waals surface area contributed by atoms with Gasteiger partial charge < -0.3 is 10.5 Å². The van der Waals surface area contributed by atoms with E-state index in [-0.39, 0.29) is 6.10 Å². The summed E-state index contributed by atoms with van der Waals surface area (Å²) in [6, 6.07) is 0.764. The Morgan fingerprint density at radius 3 is 2.79 bits per heavy atom. The summed E-state index contributed by atoms with van der Waals surface area (Å²) < 4.78 is 5.58. The molecule has 0 bridgehead atoms. The highest BCUT2D eigenvalue weighted by Crippen LogP contribution is 2.43. The van der Waals surface area contributed by atoms with E-state index in [0.29, 0.717) is 12.0 Å².